The smallest absolute Gasteiger partial charge is 0.372 e. The third-order valence-corrected chi connectivity index (χ3v) is 6.55. The number of hydrogen-bond acceptors (Lipinski definition) is 4. The molecule has 0 amide bonds. The lowest BCUT2D eigenvalue weighted by molar-refractivity contribution is 0.0659. The maximum atomic E-state index is 12.8. The van der Waals surface area contributed by atoms with Crippen LogP contribution in [0.3, 0.4) is 0 Å². The number of hydrogen-bond donors (Lipinski definition) is 1. The van der Waals surface area contributed by atoms with Crippen LogP contribution in [0.4, 0.5) is 0 Å². The van der Waals surface area contributed by atoms with Gasteiger partial charge in [0.2, 0.25) is 5.76 Å². The number of halogens is 1. The lowest BCUT2D eigenvalue weighted by Crippen LogP contribution is -2.24. The first-order valence-corrected chi connectivity index (χ1v) is 8.86. The second kappa shape index (κ2) is 5.83. The average molecular weight is 395 g/mol. The van der Waals surface area contributed by atoms with Gasteiger partial charge in [0.05, 0.1) is 5.56 Å². The lowest BCUT2D eigenvalue weighted by Gasteiger charge is -2.29. The summed E-state index contributed by atoms with van der Waals surface area (Å²) in [7, 11) is 0. The third-order valence-electron chi connectivity index (χ3n) is 3.92. The minimum Gasteiger partial charge on any atom is -0.475 e. The maximum Gasteiger partial charge on any atom is 0.372 e. The number of benzene rings is 1. The van der Waals surface area contributed by atoms with E-state index in [0.717, 1.165) is 14.9 Å². The second-order valence-electron chi connectivity index (χ2n) is 5.83. The van der Waals surface area contributed by atoms with Gasteiger partial charge in [-0.05, 0) is 34.8 Å². The Hall–Kier alpha value is -1.53. The van der Waals surface area contributed by atoms with E-state index in [1.165, 1.54) is 6.92 Å². The molecule has 4 nitrogen and oxygen atoms in total. The van der Waals surface area contributed by atoms with E-state index in [-0.39, 0.29) is 27.9 Å². The zero-order valence-corrected chi connectivity index (χ0v) is 15.2. The van der Waals surface area contributed by atoms with Gasteiger partial charge in [-0.3, -0.25) is 4.79 Å². The molecule has 1 aromatic carbocycles. The van der Waals surface area contributed by atoms with Gasteiger partial charge in [-0.1, -0.05) is 26.0 Å². The summed E-state index contributed by atoms with van der Waals surface area (Å²) in [6.07, 6.45) is 0. The minimum atomic E-state index is -1.22. The molecule has 23 heavy (non-hydrogen) atoms. The Kier molecular flexibility index (Phi) is 4.14. The predicted octanol–water partition coefficient (Wildman–Crippen LogP) is 4.88. The molecule has 0 bridgehead atoms. The summed E-state index contributed by atoms with van der Waals surface area (Å²) in [6.45, 7) is 5.60. The van der Waals surface area contributed by atoms with Gasteiger partial charge in [0.15, 0.2) is 5.43 Å². The van der Waals surface area contributed by atoms with Crippen molar-refractivity contribution in [3.05, 3.63) is 49.8 Å². The average Bonchev–Trinajstić information content (AvgIpc) is 2.49. The van der Waals surface area contributed by atoms with Crippen molar-refractivity contribution >= 4 is 33.7 Å². The first-order valence-electron chi connectivity index (χ1n) is 7.19. The van der Waals surface area contributed by atoms with Crippen molar-refractivity contribution in [3.63, 3.8) is 0 Å². The molecule has 0 fully saturated rings. The van der Waals surface area contributed by atoms with E-state index in [9.17, 15) is 14.7 Å². The van der Waals surface area contributed by atoms with Crippen molar-refractivity contribution < 1.29 is 14.3 Å². The molecule has 2 aromatic rings. The second-order valence-corrected chi connectivity index (χ2v) is 7.84. The Labute approximate surface area is 146 Å². The molecular weight excluding hydrogens is 380 g/mol. The van der Waals surface area contributed by atoms with Crippen molar-refractivity contribution in [2.24, 2.45) is 5.92 Å². The fourth-order valence-corrected chi connectivity index (χ4v) is 4.74. The molecule has 0 saturated heterocycles. The van der Waals surface area contributed by atoms with Crippen LogP contribution in [0.1, 0.15) is 40.8 Å². The van der Waals surface area contributed by atoms with Crippen LogP contribution in [0.5, 0.6) is 0 Å². The Morgan fingerprint density at radius 1 is 1.39 bits per heavy atom. The van der Waals surface area contributed by atoms with Gasteiger partial charge in [-0.25, -0.2) is 4.79 Å². The number of thioether (sulfide) groups is 1. The van der Waals surface area contributed by atoms with Crippen LogP contribution < -0.4 is 5.43 Å². The lowest BCUT2D eigenvalue weighted by atomic mass is 9.95. The number of carboxylic acids is 1. The summed E-state index contributed by atoms with van der Waals surface area (Å²) >= 11 is 5.15. The Bertz CT molecular complexity index is 870. The van der Waals surface area contributed by atoms with Crippen LogP contribution in [-0.2, 0) is 0 Å². The number of carboxylic acid groups (broad SMARTS) is 1. The molecular formula is C17H15BrO4S. The van der Waals surface area contributed by atoms with E-state index in [2.05, 4.69) is 15.9 Å². The molecule has 1 unspecified atom stereocenters. The van der Waals surface area contributed by atoms with Gasteiger partial charge >= 0.3 is 5.97 Å². The summed E-state index contributed by atoms with van der Waals surface area (Å²) in [5, 5.41) is 9.25. The van der Waals surface area contributed by atoms with Crippen LogP contribution in [0.2, 0.25) is 0 Å². The van der Waals surface area contributed by atoms with Crippen LogP contribution >= 0.6 is 27.7 Å². The van der Waals surface area contributed by atoms with Gasteiger partial charge in [0.25, 0.3) is 0 Å². The first kappa shape index (κ1) is 16.3. The van der Waals surface area contributed by atoms with Gasteiger partial charge in [-0.2, -0.15) is 0 Å². The van der Waals surface area contributed by atoms with Crippen LogP contribution in [0.15, 0.2) is 36.8 Å². The van der Waals surface area contributed by atoms with E-state index in [4.69, 9.17) is 4.42 Å². The number of rotatable bonds is 2. The SMILES string of the molecule is Cc1c(C(=O)O)oc2c(c1=O)C(C(C)C)Sc1c(Br)cccc1-2. The first-order chi connectivity index (χ1) is 10.8. The molecule has 0 saturated carbocycles. The van der Waals surface area contributed by atoms with E-state index in [1.807, 2.05) is 32.0 Å². The van der Waals surface area contributed by atoms with E-state index in [1.54, 1.807) is 11.8 Å². The summed E-state index contributed by atoms with van der Waals surface area (Å²) in [5.74, 6) is -0.920. The molecule has 120 valence electrons. The molecule has 3 rings (SSSR count). The zero-order chi connectivity index (χ0) is 16.9. The molecule has 1 aliphatic heterocycles. The molecule has 0 spiro atoms. The highest BCUT2D eigenvalue weighted by Gasteiger charge is 2.35. The van der Waals surface area contributed by atoms with E-state index < -0.39 is 5.97 Å². The number of carbonyl (C=O) groups is 1. The molecule has 0 radical (unpaired) electrons. The highest BCUT2D eigenvalue weighted by molar-refractivity contribution is 9.10. The number of aromatic carboxylic acids is 1. The summed E-state index contributed by atoms with van der Waals surface area (Å²) in [4.78, 5) is 25.2. The highest BCUT2D eigenvalue weighted by atomic mass is 79.9. The molecule has 1 N–H and O–H groups in total. The van der Waals surface area contributed by atoms with Gasteiger partial charge in [0.1, 0.15) is 5.76 Å². The fraction of sp³-hybridized carbons (Fsp3) is 0.294. The molecule has 2 heterocycles. The van der Waals surface area contributed by atoms with E-state index in [0.29, 0.717) is 11.3 Å². The molecule has 1 aromatic heterocycles. The standard InChI is InChI=1S/C17H15BrO4S/c1-7(2)15-11-12(19)8(3)13(17(20)21)22-14(11)9-5-4-6-10(18)16(9)23-15/h4-7,15H,1-3H3,(H,20,21). The van der Waals surface area contributed by atoms with Crippen LogP contribution in [0, 0.1) is 12.8 Å². The third kappa shape index (κ3) is 2.54. The monoisotopic (exact) mass is 394 g/mol. The summed E-state index contributed by atoms with van der Waals surface area (Å²) < 4.78 is 6.61. The van der Waals surface area contributed by atoms with Gasteiger partial charge < -0.3 is 9.52 Å². The van der Waals surface area contributed by atoms with Crippen LogP contribution in [-0.4, -0.2) is 11.1 Å². The molecule has 1 aliphatic rings. The Morgan fingerprint density at radius 3 is 2.70 bits per heavy atom. The van der Waals surface area contributed by atoms with Gasteiger partial charge in [0, 0.05) is 25.7 Å². The molecule has 6 heteroatoms. The zero-order valence-electron chi connectivity index (χ0n) is 12.8. The quantitative estimate of drug-likeness (QED) is 0.785. The van der Waals surface area contributed by atoms with Crippen molar-refractivity contribution in [1.29, 1.82) is 0 Å². The predicted molar refractivity (Wildman–Crippen MR) is 93.2 cm³/mol. The van der Waals surface area contributed by atoms with Gasteiger partial charge in [-0.15, -0.1) is 11.8 Å². The number of fused-ring (bicyclic) bond motifs is 3. The highest BCUT2D eigenvalue weighted by Crippen LogP contribution is 2.53. The van der Waals surface area contributed by atoms with Crippen molar-refractivity contribution in [2.45, 2.75) is 30.9 Å². The molecule has 0 aliphatic carbocycles. The Balaban J connectivity index is 2.42. The van der Waals surface area contributed by atoms with Crippen molar-refractivity contribution in [1.82, 2.24) is 0 Å². The summed E-state index contributed by atoms with van der Waals surface area (Å²) in [6, 6.07) is 5.63. The Morgan fingerprint density at radius 2 is 2.09 bits per heavy atom. The van der Waals surface area contributed by atoms with E-state index >= 15 is 0 Å². The largest absolute Gasteiger partial charge is 0.475 e. The fourth-order valence-electron chi connectivity index (χ4n) is 2.77. The minimum absolute atomic E-state index is 0.0750. The molecule has 1 atom stereocenters. The normalized spacial score (nSPS) is 16.1. The van der Waals surface area contributed by atoms with Crippen molar-refractivity contribution in [3.8, 4) is 11.3 Å². The summed E-state index contributed by atoms with van der Waals surface area (Å²) in [5.41, 5.74) is 1.25. The maximum absolute atomic E-state index is 12.8. The van der Waals surface area contributed by atoms with Crippen molar-refractivity contribution in [2.75, 3.05) is 0 Å². The topological polar surface area (TPSA) is 67.5 Å². The van der Waals surface area contributed by atoms with Crippen LogP contribution in [0.25, 0.3) is 11.3 Å².